The molecule has 0 radical (unpaired) electrons. The summed E-state index contributed by atoms with van der Waals surface area (Å²) in [6.07, 6.45) is 2.86. The molecule has 2 aromatic rings. The molecule has 0 aliphatic carbocycles. The molecule has 1 amide bonds. The third kappa shape index (κ3) is 6.02. The molecule has 2 fully saturated rings. The van der Waals surface area contributed by atoms with E-state index in [4.69, 9.17) is 9.47 Å². The van der Waals surface area contributed by atoms with Gasteiger partial charge in [0.1, 0.15) is 0 Å². The van der Waals surface area contributed by atoms with Gasteiger partial charge in [-0.05, 0) is 55.0 Å². The van der Waals surface area contributed by atoms with Gasteiger partial charge >= 0.3 is 5.97 Å². The van der Waals surface area contributed by atoms with E-state index in [0.717, 1.165) is 19.3 Å². The fraction of sp³-hybridized carbons (Fsp3) is 0.440. The number of nitrogens with zero attached hydrogens (tertiary/aromatic N) is 2. The number of amides is 1. The first kappa shape index (κ1) is 24.4. The first-order chi connectivity index (χ1) is 16.4. The van der Waals surface area contributed by atoms with Crippen LogP contribution in [0.1, 0.15) is 28.8 Å². The van der Waals surface area contributed by atoms with Crippen LogP contribution in [0.2, 0.25) is 0 Å². The number of rotatable bonds is 7. The van der Waals surface area contributed by atoms with Crippen LogP contribution < -0.4 is 0 Å². The molecule has 2 heterocycles. The van der Waals surface area contributed by atoms with Gasteiger partial charge in [0.15, 0.2) is 6.61 Å². The topological polar surface area (TPSA) is 93.2 Å². The lowest BCUT2D eigenvalue weighted by molar-refractivity contribution is -0.135. The number of benzene rings is 2. The molecule has 34 heavy (non-hydrogen) atoms. The first-order valence-corrected chi connectivity index (χ1v) is 13.0. The Kier molecular flexibility index (Phi) is 7.97. The van der Waals surface area contributed by atoms with Crippen LogP contribution in [0.15, 0.2) is 59.5 Å². The summed E-state index contributed by atoms with van der Waals surface area (Å²) in [5.74, 6) is -0.318. The molecule has 0 unspecified atom stereocenters. The lowest BCUT2D eigenvalue weighted by Gasteiger charge is -2.32. The van der Waals surface area contributed by atoms with Gasteiger partial charge in [0.25, 0.3) is 5.91 Å². The Balaban J connectivity index is 1.24. The maximum atomic E-state index is 12.7. The highest BCUT2D eigenvalue weighted by Gasteiger charge is 2.27. The van der Waals surface area contributed by atoms with E-state index >= 15 is 0 Å². The summed E-state index contributed by atoms with van der Waals surface area (Å²) in [7, 11) is -3.63. The van der Waals surface area contributed by atoms with Gasteiger partial charge in [-0.25, -0.2) is 13.2 Å². The molecule has 8 nitrogen and oxygen atoms in total. The molecule has 0 bridgehead atoms. The van der Waals surface area contributed by atoms with E-state index in [9.17, 15) is 18.0 Å². The molecular weight excluding hydrogens is 456 g/mol. The molecule has 2 aliphatic rings. The highest BCUT2D eigenvalue weighted by atomic mass is 32.2. The van der Waals surface area contributed by atoms with Crippen LogP contribution in [-0.2, 0) is 30.7 Å². The minimum absolute atomic E-state index is 0.111. The molecule has 0 aromatic heterocycles. The fourth-order valence-electron chi connectivity index (χ4n) is 4.33. The Hall–Kier alpha value is -2.75. The van der Waals surface area contributed by atoms with Gasteiger partial charge < -0.3 is 14.4 Å². The van der Waals surface area contributed by atoms with Crippen LogP contribution in [-0.4, -0.2) is 75.5 Å². The molecule has 0 spiro atoms. The maximum Gasteiger partial charge on any atom is 0.338 e. The predicted molar refractivity (Wildman–Crippen MR) is 126 cm³/mol. The predicted octanol–water partition coefficient (Wildman–Crippen LogP) is 2.35. The summed E-state index contributed by atoms with van der Waals surface area (Å²) < 4.78 is 37.1. The molecule has 182 valence electrons. The zero-order chi connectivity index (χ0) is 24.0. The van der Waals surface area contributed by atoms with Gasteiger partial charge in [0, 0.05) is 26.2 Å². The van der Waals surface area contributed by atoms with Crippen molar-refractivity contribution in [2.45, 2.75) is 24.2 Å². The van der Waals surface area contributed by atoms with E-state index in [2.05, 4.69) is 12.1 Å². The summed E-state index contributed by atoms with van der Waals surface area (Å²) in [6, 6.07) is 15.9. The monoisotopic (exact) mass is 486 g/mol. The van der Waals surface area contributed by atoms with Crippen LogP contribution in [0.25, 0.3) is 0 Å². The van der Waals surface area contributed by atoms with Crippen LogP contribution in [0.3, 0.4) is 0 Å². The van der Waals surface area contributed by atoms with Crippen molar-refractivity contribution in [1.29, 1.82) is 0 Å². The van der Waals surface area contributed by atoms with Crippen LogP contribution >= 0.6 is 0 Å². The average Bonchev–Trinajstić information content (AvgIpc) is 2.88. The lowest BCUT2D eigenvalue weighted by Crippen LogP contribution is -2.41. The SMILES string of the molecule is O=C(OCC(=O)N1CCC(Cc2ccccc2)CC1)c1ccc(S(=O)(=O)N2CCOCC2)cc1. The zero-order valence-electron chi connectivity index (χ0n) is 19.1. The number of ether oxygens (including phenoxy) is 2. The van der Waals surface area contributed by atoms with E-state index in [1.54, 1.807) is 4.90 Å². The molecule has 0 saturated carbocycles. The van der Waals surface area contributed by atoms with Gasteiger partial charge in [-0.15, -0.1) is 0 Å². The van der Waals surface area contributed by atoms with Crippen LogP contribution in [0.4, 0.5) is 0 Å². The number of piperidine rings is 1. The number of hydrogen-bond donors (Lipinski definition) is 0. The maximum absolute atomic E-state index is 12.7. The van der Waals surface area contributed by atoms with E-state index in [1.807, 2.05) is 18.2 Å². The Morgan fingerprint density at radius 2 is 1.56 bits per heavy atom. The minimum Gasteiger partial charge on any atom is -0.452 e. The normalized spacial score (nSPS) is 17.9. The van der Waals surface area contributed by atoms with Crippen molar-refractivity contribution in [2.75, 3.05) is 46.0 Å². The molecule has 2 aromatic carbocycles. The van der Waals surface area contributed by atoms with Crippen LogP contribution in [0.5, 0.6) is 0 Å². The number of esters is 1. The highest BCUT2D eigenvalue weighted by Crippen LogP contribution is 2.22. The summed E-state index contributed by atoms with van der Waals surface area (Å²) in [6.45, 7) is 2.32. The largest absolute Gasteiger partial charge is 0.452 e. The van der Waals surface area contributed by atoms with Crippen molar-refractivity contribution in [2.24, 2.45) is 5.92 Å². The zero-order valence-corrected chi connectivity index (χ0v) is 19.9. The van der Waals surface area contributed by atoms with E-state index in [-0.39, 0.29) is 23.0 Å². The highest BCUT2D eigenvalue weighted by molar-refractivity contribution is 7.89. The minimum atomic E-state index is -3.63. The van der Waals surface area contributed by atoms with Gasteiger partial charge in [0.05, 0.1) is 23.7 Å². The number of carbonyl (C=O) groups is 2. The van der Waals surface area contributed by atoms with E-state index in [1.165, 1.54) is 34.1 Å². The summed E-state index contributed by atoms with van der Waals surface area (Å²) in [5, 5.41) is 0. The molecule has 9 heteroatoms. The Bertz CT molecular complexity index is 1070. The van der Waals surface area contributed by atoms with Gasteiger partial charge in [0.2, 0.25) is 10.0 Å². The summed E-state index contributed by atoms with van der Waals surface area (Å²) in [5.41, 5.74) is 1.51. The average molecular weight is 487 g/mol. The molecule has 2 aliphatic heterocycles. The second-order valence-corrected chi connectivity index (χ2v) is 10.6. The molecule has 0 N–H and O–H groups in total. The van der Waals surface area contributed by atoms with Crippen molar-refractivity contribution in [3.63, 3.8) is 0 Å². The Morgan fingerprint density at radius 1 is 0.912 bits per heavy atom. The lowest BCUT2D eigenvalue weighted by atomic mass is 9.90. The number of carbonyl (C=O) groups excluding carboxylic acids is 2. The van der Waals surface area contributed by atoms with Gasteiger partial charge in [-0.3, -0.25) is 4.79 Å². The summed E-state index contributed by atoms with van der Waals surface area (Å²) >= 11 is 0. The first-order valence-electron chi connectivity index (χ1n) is 11.6. The number of hydrogen-bond acceptors (Lipinski definition) is 6. The smallest absolute Gasteiger partial charge is 0.338 e. The second kappa shape index (κ2) is 11.1. The molecular formula is C25H30N2O6S. The van der Waals surface area contributed by atoms with E-state index in [0.29, 0.717) is 45.3 Å². The molecule has 2 saturated heterocycles. The Labute approximate surface area is 200 Å². The van der Waals surface area contributed by atoms with Gasteiger partial charge in [-0.1, -0.05) is 30.3 Å². The molecule has 4 rings (SSSR count). The summed E-state index contributed by atoms with van der Waals surface area (Å²) in [4.78, 5) is 26.7. The van der Waals surface area contributed by atoms with Crippen LogP contribution in [0, 0.1) is 5.92 Å². The fourth-order valence-corrected chi connectivity index (χ4v) is 5.74. The third-order valence-corrected chi connectivity index (χ3v) is 8.27. The Morgan fingerprint density at radius 3 is 2.21 bits per heavy atom. The van der Waals surface area contributed by atoms with Crippen molar-refractivity contribution in [1.82, 2.24) is 9.21 Å². The van der Waals surface area contributed by atoms with Gasteiger partial charge in [-0.2, -0.15) is 4.31 Å². The van der Waals surface area contributed by atoms with Crippen molar-refractivity contribution >= 4 is 21.9 Å². The number of sulfonamides is 1. The number of likely N-dealkylation sites (tertiary alicyclic amines) is 1. The quantitative estimate of drug-likeness (QED) is 0.558. The van der Waals surface area contributed by atoms with Crippen molar-refractivity contribution < 1.29 is 27.5 Å². The number of morpholine rings is 1. The molecule has 0 atom stereocenters. The van der Waals surface area contributed by atoms with E-state index < -0.39 is 16.0 Å². The van der Waals surface area contributed by atoms with Crippen molar-refractivity contribution in [3.8, 4) is 0 Å². The second-order valence-electron chi connectivity index (χ2n) is 8.63. The van der Waals surface area contributed by atoms with Crippen molar-refractivity contribution in [3.05, 3.63) is 65.7 Å². The standard InChI is InChI=1S/C25H30N2O6S/c28-24(26-12-10-21(11-13-26)18-20-4-2-1-3-5-20)19-33-25(29)22-6-8-23(9-7-22)34(30,31)27-14-16-32-17-15-27/h1-9,21H,10-19H2. The third-order valence-electron chi connectivity index (χ3n) is 6.36.